The van der Waals surface area contributed by atoms with Crippen molar-refractivity contribution in [3.8, 4) is 55.6 Å². The highest BCUT2D eigenvalue weighted by atomic mass is 15.1. The van der Waals surface area contributed by atoms with E-state index in [-0.39, 0.29) is 5.41 Å². The second-order valence-electron chi connectivity index (χ2n) is 20.6. The predicted octanol–water partition coefficient (Wildman–Crippen LogP) is -0.534. The number of nitrogens with zero attached hydrogens (tertiary/aromatic N) is 1. The predicted molar refractivity (Wildman–Crippen MR) is 319 cm³/mol. The fourth-order valence-electron chi connectivity index (χ4n) is 13.4. The summed E-state index contributed by atoms with van der Waals surface area (Å²) in [6, 6.07) is 60.1. The Morgan fingerprint density at radius 1 is 0.309 bits per heavy atom. The van der Waals surface area contributed by atoms with E-state index in [2.05, 4.69) is 247 Å². The molecule has 0 saturated carbocycles. The highest BCUT2D eigenvalue weighted by molar-refractivity contribution is 6.71. The minimum absolute atomic E-state index is 0.157. The summed E-state index contributed by atoms with van der Waals surface area (Å²) in [5.74, 6) is 0. The van der Waals surface area contributed by atoms with Gasteiger partial charge in [-0.15, -0.1) is 16.4 Å². The third-order valence-corrected chi connectivity index (χ3v) is 17.3. The molecule has 0 fully saturated rings. The number of anilines is 3. The molecule has 0 amide bonds. The van der Waals surface area contributed by atoms with Crippen molar-refractivity contribution < 1.29 is 0 Å². The Morgan fingerprint density at radius 2 is 0.706 bits per heavy atom. The number of benzene rings is 9. The zero-order valence-corrected chi connectivity index (χ0v) is 41.5. The zero-order chi connectivity index (χ0) is 47.1. The summed E-state index contributed by atoms with van der Waals surface area (Å²) in [5.41, 5.74) is 36.6. The molecule has 0 heterocycles. The summed E-state index contributed by atoms with van der Waals surface area (Å²) >= 11 is 0. The van der Waals surface area contributed by atoms with Gasteiger partial charge in [-0.05, 0) is 102 Å². The molecule has 314 valence electrons. The van der Waals surface area contributed by atoms with Crippen LogP contribution in [0, 0.1) is 0 Å². The van der Waals surface area contributed by atoms with Gasteiger partial charge in [0.2, 0.25) is 0 Å². The van der Waals surface area contributed by atoms with Crippen LogP contribution in [0.15, 0.2) is 158 Å². The van der Waals surface area contributed by atoms with Gasteiger partial charge in [-0.25, -0.2) is 0 Å². The van der Waals surface area contributed by atoms with E-state index >= 15 is 0 Å². The largest absolute Gasteiger partial charge is 0.311 e. The van der Waals surface area contributed by atoms with Crippen LogP contribution in [0.4, 0.5) is 17.1 Å². The summed E-state index contributed by atoms with van der Waals surface area (Å²) in [5, 5.41) is 0. The van der Waals surface area contributed by atoms with Gasteiger partial charge in [0.25, 0.3) is 0 Å². The summed E-state index contributed by atoms with van der Waals surface area (Å²) in [7, 11) is 21.0. The maximum Gasteiger partial charge on any atom is 0.141 e. The molecule has 0 saturated heterocycles. The molecule has 12 rings (SSSR count). The van der Waals surface area contributed by atoms with Crippen LogP contribution in [0.25, 0.3) is 55.6 Å². The van der Waals surface area contributed by atoms with E-state index in [1.165, 1.54) is 155 Å². The standard InChI is InChI=1S/C58H50B9N/c1-57(2)37-20-8-3-14-30(37)33-27-26-29(28-42(33)57)68(56-54(66)49(61)46(50(62)55(56)67)45-47(59)51(63)53(65)52(64)48(45)60)43-25-12-7-17-34(43)35-19-13-24-41-44(35)36-18-6-11-23-40(36)58(41)38-21-9-4-15-31(38)32-16-5-10-22-39(32)58/h3-28H,59-67H2,1-2H3. The monoisotopic (exact) mass is 859 g/mol. The van der Waals surface area contributed by atoms with E-state index in [1.54, 1.807) is 0 Å². The van der Waals surface area contributed by atoms with Crippen molar-refractivity contribution in [3.05, 3.63) is 191 Å². The van der Waals surface area contributed by atoms with Gasteiger partial charge in [0.1, 0.15) is 70.6 Å². The van der Waals surface area contributed by atoms with Crippen LogP contribution in [0.5, 0.6) is 0 Å². The van der Waals surface area contributed by atoms with Crippen LogP contribution >= 0.6 is 0 Å². The molecular formula is C58H50B9N. The van der Waals surface area contributed by atoms with Crippen molar-refractivity contribution in [1.29, 1.82) is 0 Å². The Hall–Kier alpha value is -6.64. The number of rotatable bonds is 5. The second kappa shape index (κ2) is 15.2. The topological polar surface area (TPSA) is 3.24 Å². The van der Waals surface area contributed by atoms with Crippen LogP contribution in [-0.2, 0) is 10.8 Å². The number of hydrogen-bond acceptors (Lipinski definition) is 1. The Labute approximate surface area is 410 Å². The molecule has 0 atom stereocenters. The van der Waals surface area contributed by atoms with Crippen molar-refractivity contribution in [2.24, 2.45) is 0 Å². The molecule has 1 nitrogen and oxygen atoms in total. The maximum atomic E-state index is 2.63. The van der Waals surface area contributed by atoms with Gasteiger partial charge in [-0.1, -0.05) is 186 Å². The van der Waals surface area contributed by atoms with Crippen molar-refractivity contribution in [1.82, 2.24) is 0 Å². The number of fused-ring (bicyclic) bond motifs is 13. The summed E-state index contributed by atoms with van der Waals surface area (Å²) in [6.07, 6.45) is 0. The minimum atomic E-state index is -0.426. The lowest BCUT2D eigenvalue weighted by atomic mass is 9.56. The van der Waals surface area contributed by atoms with Gasteiger partial charge in [0.05, 0.1) is 11.1 Å². The highest BCUT2D eigenvalue weighted by Crippen LogP contribution is 2.64. The van der Waals surface area contributed by atoms with E-state index in [0.29, 0.717) is 0 Å². The van der Waals surface area contributed by atoms with E-state index in [9.17, 15) is 0 Å². The van der Waals surface area contributed by atoms with Crippen molar-refractivity contribution >= 4 is 137 Å². The Kier molecular flexibility index (Phi) is 9.53. The van der Waals surface area contributed by atoms with Gasteiger partial charge in [0.15, 0.2) is 0 Å². The summed E-state index contributed by atoms with van der Waals surface area (Å²) in [4.78, 5) is 2.63. The van der Waals surface area contributed by atoms with E-state index < -0.39 is 5.41 Å². The molecule has 0 bridgehead atoms. The van der Waals surface area contributed by atoms with Crippen LogP contribution in [-0.4, -0.2) is 70.6 Å². The average Bonchev–Trinajstić information content (AvgIpc) is 3.93. The Bertz CT molecular complexity index is 3580. The molecule has 68 heavy (non-hydrogen) atoms. The highest BCUT2D eigenvalue weighted by Gasteiger charge is 2.52. The molecule has 9 aromatic carbocycles. The Balaban J connectivity index is 1.15. The molecule has 0 aromatic heterocycles. The molecule has 0 N–H and O–H groups in total. The van der Waals surface area contributed by atoms with Crippen LogP contribution in [0.3, 0.4) is 0 Å². The van der Waals surface area contributed by atoms with Crippen molar-refractivity contribution in [2.45, 2.75) is 24.7 Å². The first-order chi connectivity index (χ1) is 32.8. The first kappa shape index (κ1) is 42.7. The van der Waals surface area contributed by atoms with Crippen LogP contribution < -0.4 is 54.1 Å². The maximum absolute atomic E-state index is 2.63. The molecule has 0 radical (unpaired) electrons. The molecule has 9 aromatic rings. The lowest BCUT2D eigenvalue weighted by Crippen LogP contribution is -2.57. The second-order valence-corrected chi connectivity index (χ2v) is 20.6. The van der Waals surface area contributed by atoms with Crippen molar-refractivity contribution in [2.75, 3.05) is 4.90 Å². The van der Waals surface area contributed by atoms with E-state index in [1.807, 2.05) is 0 Å². The van der Waals surface area contributed by atoms with Gasteiger partial charge >= 0.3 is 0 Å². The molecule has 0 unspecified atom stereocenters. The van der Waals surface area contributed by atoms with Gasteiger partial charge < -0.3 is 4.90 Å². The lowest BCUT2D eigenvalue weighted by Gasteiger charge is -2.35. The van der Waals surface area contributed by atoms with Crippen molar-refractivity contribution in [3.63, 3.8) is 0 Å². The van der Waals surface area contributed by atoms with Gasteiger partial charge in [-0.2, -0.15) is 0 Å². The van der Waals surface area contributed by atoms with Crippen LogP contribution in [0.2, 0.25) is 0 Å². The molecule has 0 aliphatic heterocycles. The van der Waals surface area contributed by atoms with Crippen LogP contribution in [0.1, 0.15) is 47.2 Å². The third kappa shape index (κ3) is 5.52. The summed E-state index contributed by atoms with van der Waals surface area (Å²) < 4.78 is 0. The molecule has 10 heteroatoms. The fraction of sp³-hybridized carbons (Fsp3) is 0.0690. The SMILES string of the molecule is Bc1c(B)c(B)c(-c2c(B)c(B)c(N(c3ccc4c(c3)C(C)(C)c3ccccc3-4)c3ccccc3-c3cccc4c3-c3ccccc3C43c4ccccc4-c4ccccc43)c(B)c2B)c(B)c1B. The smallest absolute Gasteiger partial charge is 0.141 e. The molecular weight excluding hydrogens is 808 g/mol. The van der Waals surface area contributed by atoms with Gasteiger partial charge in [0, 0.05) is 22.4 Å². The molecule has 3 aliphatic carbocycles. The summed E-state index contributed by atoms with van der Waals surface area (Å²) in [6.45, 7) is 4.80. The third-order valence-electron chi connectivity index (χ3n) is 17.3. The van der Waals surface area contributed by atoms with E-state index in [0.717, 1.165) is 0 Å². The quantitative estimate of drug-likeness (QED) is 0.211. The zero-order valence-electron chi connectivity index (χ0n) is 41.5. The lowest BCUT2D eigenvalue weighted by molar-refractivity contribution is 0.660. The number of para-hydroxylation sites is 1. The Morgan fingerprint density at radius 3 is 1.28 bits per heavy atom. The average molecular weight is 858 g/mol. The molecule has 1 spiro atoms. The van der Waals surface area contributed by atoms with Gasteiger partial charge in [-0.3, -0.25) is 0 Å². The minimum Gasteiger partial charge on any atom is -0.311 e. The first-order valence-electron chi connectivity index (χ1n) is 24.5. The fourth-order valence-corrected chi connectivity index (χ4v) is 13.4. The molecule has 3 aliphatic rings. The van der Waals surface area contributed by atoms with E-state index in [4.69, 9.17) is 0 Å². The first-order valence-corrected chi connectivity index (χ1v) is 24.5. The number of hydrogen-bond donors (Lipinski definition) is 0. The normalized spacial score (nSPS) is 13.9.